The van der Waals surface area contributed by atoms with Gasteiger partial charge in [-0.1, -0.05) is 44.2 Å². The van der Waals surface area contributed by atoms with E-state index in [2.05, 4.69) is 10.6 Å². The van der Waals surface area contributed by atoms with Crippen LogP contribution in [0, 0.1) is 17.2 Å². The molecule has 0 aromatic heterocycles. The van der Waals surface area contributed by atoms with Crippen molar-refractivity contribution in [2.24, 2.45) is 5.92 Å². The summed E-state index contributed by atoms with van der Waals surface area (Å²) in [6.07, 6.45) is -0.665. The van der Waals surface area contributed by atoms with E-state index in [1.54, 1.807) is 20.8 Å². The fraction of sp³-hybridized carbons (Fsp3) is 0.438. The van der Waals surface area contributed by atoms with Crippen LogP contribution in [0.5, 0.6) is 0 Å². The normalized spacial score (nSPS) is 12.9. The van der Waals surface area contributed by atoms with E-state index in [0.29, 0.717) is 0 Å². The zero-order chi connectivity index (χ0) is 16.5. The molecule has 0 fully saturated rings. The Labute approximate surface area is 130 Å². The van der Waals surface area contributed by atoms with Crippen LogP contribution < -0.4 is 10.6 Å². The third-order valence-corrected chi connectivity index (χ3v) is 2.99. The lowest BCUT2D eigenvalue weighted by molar-refractivity contribution is -0.124. The number of nitrogens with zero attached hydrogens (tertiary/aromatic N) is 1. The van der Waals surface area contributed by atoms with Gasteiger partial charge in [0.2, 0.25) is 5.91 Å². The lowest BCUT2D eigenvalue weighted by Crippen LogP contribution is -2.51. The van der Waals surface area contributed by atoms with Crippen molar-refractivity contribution in [1.82, 2.24) is 10.6 Å². The molecule has 2 amide bonds. The number of alkyl carbamates (subject to hydrolysis) is 1. The molecule has 0 aliphatic rings. The second-order valence-electron chi connectivity index (χ2n) is 5.29. The van der Waals surface area contributed by atoms with Crippen molar-refractivity contribution in [3.05, 3.63) is 35.9 Å². The number of carbonyl (C=O) groups excluding carboxylic acids is 2. The van der Waals surface area contributed by atoms with Crippen molar-refractivity contribution in [3.8, 4) is 6.07 Å². The van der Waals surface area contributed by atoms with Gasteiger partial charge >= 0.3 is 6.09 Å². The highest BCUT2D eigenvalue weighted by Crippen LogP contribution is 2.05. The van der Waals surface area contributed by atoms with Gasteiger partial charge in [-0.2, -0.15) is 5.26 Å². The fourth-order valence-electron chi connectivity index (χ4n) is 1.76. The van der Waals surface area contributed by atoms with Gasteiger partial charge in [-0.05, 0) is 18.4 Å². The van der Waals surface area contributed by atoms with Gasteiger partial charge in [-0.3, -0.25) is 4.79 Å². The molecule has 6 nitrogen and oxygen atoms in total. The Kier molecular flexibility index (Phi) is 6.90. The standard InChI is InChI=1S/C16H21N3O3/c1-11(2)14(15(20)18-12(3)9-17)19-16(21)22-10-13-7-5-4-6-8-13/h4-8,11-12,14H,10H2,1-3H3,(H,18,20)(H,19,21)/t12?,14-/m0/s1. The summed E-state index contributed by atoms with van der Waals surface area (Å²) in [7, 11) is 0. The average Bonchev–Trinajstić information content (AvgIpc) is 2.51. The van der Waals surface area contributed by atoms with Crippen molar-refractivity contribution < 1.29 is 14.3 Å². The molecule has 22 heavy (non-hydrogen) atoms. The average molecular weight is 303 g/mol. The van der Waals surface area contributed by atoms with Crippen LogP contribution in [0.3, 0.4) is 0 Å². The van der Waals surface area contributed by atoms with Gasteiger partial charge in [0.05, 0.1) is 6.07 Å². The summed E-state index contributed by atoms with van der Waals surface area (Å²) in [6, 6.07) is 9.81. The van der Waals surface area contributed by atoms with Crippen molar-refractivity contribution in [2.75, 3.05) is 0 Å². The van der Waals surface area contributed by atoms with Crippen molar-refractivity contribution in [3.63, 3.8) is 0 Å². The van der Waals surface area contributed by atoms with Crippen LogP contribution in [0.4, 0.5) is 4.79 Å². The Morgan fingerprint density at radius 2 is 1.82 bits per heavy atom. The number of nitrogens with one attached hydrogen (secondary N) is 2. The lowest BCUT2D eigenvalue weighted by Gasteiger charge is -2.22. The zero-order valence-corrected chi connectivity index (χ0v) is 13.0. The second-order valence-corrected chi connectivity index (χ2v) is 5.29. The molecule has 1 unspecified atom stereocenters. The van der Waals surface area contributed by atoms with Gasteiger partial charge in [0.25, 0.3) is 0 Å². The summed E-state index contributed by atoms with van der Waals surface area (Å²) in [4.78, 5) is 23.8. The van der Waals surface area contributed by atoms with Crippen LogP contribution >= 0.6 is 0 Å². The number of nitriles is 1. The zero-order valence-electron chi connectivity index (χ0n) is 13.0. The number of ether oxygens (including phenoxy) is 1. The minimum atomic E-state index is -0.751. The Morgan fingerprint density at radius 1 is 1.18 bits per heavy atom. The molecule has 0 aliphatic heterocycles. The molecule has 118 valence electrons. The molecular formula is C16H21N3O3. The van der Waals surface area contributed by atoms with E-state index in [4.69, 9.17) is 10.00 Å². The summed E-state index contributed by atoms with van der Waals surface area (Å²) >= 11 is 0. The molecular weight excluding hydrogens is 282 g/mol. The first-order chi connectivity index (χ1) is 10.4. The molecule has 2 N–H and O–H groups in total. The first-order valence-corrected chi connectivity index (χ1v) is 7.11. The first-order valence-electron chi connectivity index (χ1n) is 7.11. The monoisotopic (exact) mass is 303 g/mol. The first kappa shape index (κ1) is 17.5. The van der Waals surface area contributed by atoms with E-state index < -0.39 is 24.1 Å². The van der Waals surface area contributed by atoms with Crippen LogP contribution in [0.1, 0.15) is 26.3 Å². The highest BCUT2D eigenvalue weighted by molar-refractivity contribution is 5.86. The van der Waals surface area contributed by atoms with E-state index in [0.717, 1.165) is 5.56 Å². The SMILES string of the molecule is CC(C#N)NC(=O)[C@@H](NC(=O)OCc1ccccc1)C(C)C. The van der Waals surface area contributed by atoms with Crippen LogP contribution in [0.2, 0.25) is 0 Å². The topological polar surface area (TPSA) is 91.2 Å². The highest BCUT2D eigenvalue weighted by atomic mass is 16.5. The third kappa shape index (κ3) is 5.83. The Bertz CT molecular complexity index is 537. The number of benzene rings is 1. The van der Waals surface area contributed by atoms with Gasteiger partial charge in [0, 0.05) is 0 Å². The molecule has 6 heteroatoms. The lowest BCUT2D eigenvalue weighted by atomic mass is 10.0. The number of rotatable bonds is 6. The molecule has 0 aliphatic carbocycles. The Morgan fingerprint density at radius 3 is 2.36 bits per heavy atom. The van der Waals surface area contributed by atoms with Gasteiger partial charge in [-0.15, -0.1) is 0 Å². The maximum absolute atomic E-state index is 12.0. The van der Waals surface area contributed by atoms with E-state index in [-0.39, 0.29) is 12.5 Å². The number of amides is 2. The maximum atomic E-state index is 12.0. The van der Waals surface area contributed by atoms with Crippen LogP contribution in [-0.2, 0) is 16.1 Å². The third-order valence-electron chi connectivity index (χ3n) is 2.99. The van der Waals surface area contributed by atoms with Crippen molar-refractivity contribution >= 4 is 12.0 Å². The van der Waals surface area contributed by atoms with E-state index >= 15 is 0 Å². The summed E-state index contributed by atoms with van der Waals surface area (Å²) in [5.74, 6) is -0.532. The van der Waals surface area contributed by atoms with Crippen LogP contribution in [0.25, 0.3) is 0 Å². The molecule has 1 aromatic carbocycles. The molecule has 0 saturated carbocycles. The molecule has 0 bridgehead atoms. The molecule has 1 aromatic rings. The molecule has 0 spiro atoms. The predicted octanol–water partition coefficient (Wildman–Crippen LogP) is 1.97. The summed E-state index contributed by atoms with van der Waals surface area (Å²) in [5, 5.41) is 13.8. The summed E-state index contributed by atoms with van der Waals surface area (Å²) in [6.45, 7) is 5.31. The van der Waals surface area contributed by atoms with Gasteiger partial charge in [0.15, 0.2) is 0 Å². The molecule has 2 atom stereocenters. The predicted molar refractivity (Wildman–Crippen MR) is 81.6 cm³/mol. The second kappa shape index (κ2) is 8.67. The Balaban J connectivity index is 2.54. The van der Waals surface area contributed by atoms with E-state index in [1.165, 1.54) is 0 Å². The van der Waals surface area contributed by atoms with Gasteiger partial charge in [-0.25, -0.2) is 4.79 Å². The number of carbonyl (C=O) groups is 2. The van der Waals surface area contributed by atoms with E-state index in [9.17, 15) is 9.59 Å². The van der Waals surface area contributed by atoms with Gasteiger partial charge < -0.3 is 15.4 Å². The van der Waals surface area contributed by atoms with Crippen molar-refractivity contribution in [1.29, 1.82) is 5.26 Å². The van der Waals surface area contributed by atoms with Crippen LogP contribution in [0.15, 0.2) is 30.3 Å². The largest absolute Gasteiger partial charge is 0.445 e. The molecule has 0 heterocycles. The minimum absolute atomic E-state index is 0.129. The van der Waals surface area contributed by atoms with Gasteiger partial charge in [0.1, 0.15) is 18.7 Å². The molecule has 0 saturated heterocycles. The highest BCUT2D eigenvalue weighted by Gasteiger charge is 2.25. The maximum Gasteiger partial charge on any atom is 0.408 e. The smallest absolute Gasteiger partial charge is 0.408 e. The molecule has 1 rings (SSSR count). The quantitative estimate of drug-likeness (QED) is 0.840. The van der Waals surface area contributed by atoms with E-state index in [1.807, 2.05) is 36.4 Å². The fourth-order valence-corrected chi connectivity index (χ4v) is 1.76. The Hall–Kier alpha value is -2.55. The minimum Gasteiger partial charge on any atom is -0.445 e. The molecule has 0 radical (unpaired) electrons. The summed E-state index contributed by atoms with van der Waals surface area (Å²) < 4.78 is 5.10. The number of hydrogen-bond donors (Lipinski definition) is 2. The number of hydrogen-bond acceptors (Lipinski definition) is 4. The summed E-state index contributed by atoms with van der Waals surface area (Å²) in [5.41, 5.74) is 0.862. The van der Waals surface area contributed by atoms with Crippen LogP contribution in [-0.4, -0.2) is 24.1 Å². The van der Waals surface area contributed by atoms with Crippen molar-refractivity contribution in [2.45, 2.75) is 39.5 Å².